The van der Waals surface area contributed by atoms with Crippen LogP contribution in [0.2, 0.25) is 0 Å². The first-order valence-electron chi connectivity index (χ1n) is 4.40. The van der Waals surface area contributed by atoms with E-state index >= 15 is 0 Å². The number of nitro groups is 1. The minimum atomic E-state index is -1.75. The van der Waals surface area contributed by atoms with Gasteiger partial charge in [-0.3, -0.25) is 10.1 Å². The summed E-state index contributed by atoms with van der Waals surface area (Å²) in [6, 6.07) is 4.33. The Labute approximate surface area is 101 Å². The summed E-state index contributed by atoms with van der Waals surface area (Å²) in [7, 11) is 0. The Kier molecular flexibility index (Phi) is 5.55. The van der Waals surface area contributed by atoms with E-state index in [-0.39, 0.29) is 11.6 Å². The van der Waals surface area contributed by atoms with Crippen molar-refractivity contribution in [1.82, 2.24) is 0 Å². The third kappa shape index (κ3) is 5.85. The van der Waals surface area contributed by atoms with Crippen LogP contribution >= 0.6 is 0 Å². The number of nitrogens with two attached hydrogens (primary N) is 2. The number of nitrogens with zero attached hydrogens (tertiary/aromatic N) is 3. The molecule has 0 radical (unpaired) electrons. The van der Waals surface area contributed by atoms with E-state index in [4.69, 9.17) is 26.8 Å². The summed E-state index contributed by atoms with van der Waals surface area (Å²) < 4.78 is 0. The van der Waals surface area contributed by atoms with Crippen LogP contribution in [0, 0.1) is 32.4 Å². The Morgan fingerprint density at radius 3 is 2.11 bits per heavy atom. The molecule has 0 amide bonds. The van der Waals surface area contributed by atoms with Gasteiger partial charge in [0.05, 0.1) is 15.7 Å². The second-order valence-corrected chi connectivity index (χ2v) is 2.99. The van der Waals surface area contributed by atoms with Crippen LogP contribution in [-0.2, 0) is 0 Å². The molecular weight excluding hydrogens is 246 g/mol. The highest BCUT2D eigenvalue weighted by atomic mass is 16.9. The molecule has 4 N–H and O–H groups in total. The van der Waals surface area contributed by atoms with E-state index in [0.717, 1.165) is 5.56 Å². The number of hydrogen-bond donors (Lipinski definition) is 2. The molecule has 0 spiro atoms. The van der Waals surface area contributed by atoms with Crippen molar-refractivity contribution in [3.63, 3.8) is 0 Å². The van der Waals surface area contributed by atoms with Crippen LogP contribution < -0.4 is 11.5 Å². The Bertz CT molecular complexity index is 479. The van der Waals surface area contributed by atoms with Gasteiger partial charge in [-0.2, -0.15) is 0 Å². The fourth-order valence-corrected chi connectivity index (χ4v) is 0.971. The molecule has 0 aromatic heterocycles. The molecule has 0 fully saturated rings. The van der Waals surface area contributed by atoms with Crippen LogP contribution in [0.15, 0.2) is 23.2 Å². The van der Waals surface area contributed by atoms with Gasteiger partial charge >= 0.3 is 0 Å². The second-order valence-electron chi connectivity index (χ2n) is 2.99. The smallest absolute Gasteiger partial charge is 0.271 e. The largest absolute Gasteiger partial charge is 0.370 e. The van der Waals surface area contributed by atoms with Gasteiger partial charge in [0.15, 0.2) is 5.96 Å². The maximum atomic E-state index is 10.4. The molecular formula is C8H10N5O5-. The van der Waals surface area contributed by atoms with E-state index in [1.807, 2.05) is 0 Å². The molecule has 0 aliphatic rings. The highest BCUT2D eigenvalue weighted by Crippen LogP contribution is 2.23. The molecule has 0 bridgehead atoms. The lowest BCUT2D eigenvalue weighted by atomic mass is 10.2. The number of aryl methyl sites for hydroxylation is 1. The summed E-state index contributed by atoms with van der Waals surface area (Å²) >= 11 is 0. The first-order chi connectivity index (χ1) is 8.23. The highest BCUT2D eigenvalue weighted by Gasteiger charge is 2.07. The molecule has 98 valence electrons. The molecule has 1 aromatic rings. The van der Waals surface area contributed by atoms with E-state index < -0.39 is 10.0 Å². The molecule has 10 nitrogen and oxygen atoms in total. The van der Waals surface area contributed by atoms with E-state index in [0.29, 0.717) is 5.69 Å². The Morgan fingerprint density at radius 1 is 1.22 bits per heavy atom. The zero-order valence-corrected chi connectivity index (χ0v) is 9.27. The van der Waals surface area contributed by atoms with Crippen LogP contribution in [0.25, 0.3) is 0 Å². The number of non-ortho nitro benzene ring substituents is 1. The molecule has 0 heterocycles. The van der Waals surface area contributed by atoms with Crippen molar-refractivity contribution in [2.45, 2.75) is 6.92 Å². The summed E-state index contributed by atoms with van der Waals surface area (Å²) in [5.74, 6) is -0.117. The fraction of sp³-hybridized carbons (Fsp3) is 0.125. The van der Waals surface area contributed by atoms with Crippen LogP contribution in [0.4, 0.5) is 11.4 Å². The summed E-state index contributed by atoms with van der Waals surface area (Å²) in [5.41, 5.74) is 11.5. The number of rotatable bonds is 2. The van der Waals surface area contributed by atoms with Crippen LogP contribution in [0.1, 0.15) is 5.56 Å². The monoisotopic (exact) mass is 256 g/mol. The average molecular weight is 256 g/mol. The standard InChI is InChI=1S/C8H10N4O2.NO3/c1-5-2-3-6(12(13)14)4-7(5)11-8(9)10;2-1(3)4/h2-4H,1H3,(H4,9,10,11);/q;-1. The van der Waals surface area contributed by atoms with Gasteiger partial charge in [0.1, 0.15) is 0 Å². The fourth-order valence-electron chi connectivity index (χ4n) is 0.971. The maximum Gasteiger partial charge on any atom is 0.271 e. The zero-order valence-electron chi connectivity index (χ0n) is 9.27. The van der Waals surface area contributed by atoms with Crippen LogP contribution in [-0.4, -0.2) is 16.0 Å². The third-order valence-electron chi connectivity index (χ3n) is 1.65. The normalized spacial score (nSPS) is 8.72. The van der Waals surface area contributed by atoms with E-state index in [9.17, 15) is 10.1 Å². The lowest BCUT2D eigenvalue weighted by Gasteiger charge is -1.99. The molecule has 18 heavy (non-hydrogen) atoms. The zero-order chi connectivity index (χ0) is 14.3. The Hall–Kier alpha value is -2.91. The summed E-state index contributed by atoms with van der Waals surface area (Å²) in [6.07, 6.45) is 0. The molecule has 0 atom stereocenters. The summed E-state index contributed by atoms with van der Waals surface area (Å²) in [6.45, 7) is 1.77. The summed E-state index contributed by atoms with van der Waals surface area (Å²) in [5, 5.41) is 25.2. The van der Waals surface area contributed by atoms with Crippen molar-refractivity contribution in [2.75, 3.05) is 0 Å². The quantitative estimate of drug-likeness (QED) is 0.336. The maximum absolute atomic E-state index is 10.4. The minimum Gasteiger partial charge on any atom is -0.370 e. The van der Waals surface area contributed by atoms with Crippen molar-refractivity contribution in [1.29, 1.82) is 0 Å². The molecule has 0 aliphatic heterocycles. The van der Waals surface area contributed by atoms with Gasteiger partial charge in [-0.05, 0) is 12.5 Å². The molecule has 0 saturated heterocycles. The van der Waals surface area contributed by atoms with E-state index in [1.165, 1.54) is 12.1 Å². The molecule has 1 aromatic carbocycles. The molecule has 0 aliphatic carbocycles. The lowest BCUT2D eigenvalue weighted by Crippen LogP contribution is -2.22. The SMILES string of the molecule is Cc1ccc([N+](=O)[O-])cc1N=C(N)N.O=[N+]([O-])[O-]. The van der Waals surface area contributed by atoms with Gasteiger partial charge in [0, 0.05) is 12.1 Å². The van der Waals surface area contributed by atoms with Gasteiger partial charge in [-0.1, -0.05) is 6.07 Å². The van der Waals surface area contributed by atoms with Crippen molar-refractivity contribution in [2.24, 2.45) is 16.5 Å². The summed E-state index contributed by atoms with van der Waals surface area (Å²) in [4.78, 5) is 22.0. The van der Waals surface area contributed by atoms with Crippen LogP contribution in [0.3, 0.4) is 0 Å². The number of aliphatic imine (C=N–C) groups is 1. The Balaban J connectivity index is 0.000000631. The number of benzene rings is 1. The topological polar surface area (TPSA) is 174 Å². The highest BCUT2D eigenvalue weighted by molar-refractivity contribution is 5.79. The van der Waals surface area contributed by atoms with Crippen LogP contribution in [0.5, 0.6) is 0 Å². The minimum absolute atomic E-state index is 0.0319. The van der Waals surface area contributed by atoms with Gasteiger partial charge in [0.2, 0.25) is 0 Å². The van der Waals surface area contributed by atoms with Crippen molar-refractivity contribution in [3.8, 4) is 0 Å². The van der Waals surface area contributed by atoms with Crippen molar-refractivity contribution in [3.05, 3.63) is 49.2 Å². The third-order valence-corrected chi connectivity index (χ3v) is 1.65. The second kappa shape index (κ2) is 6.62. The number of guanidine groups is 1. The molecule has 0 unspecified atom stereocenters. The van der Waals surface area contributed by atoms with E-state index in [2.05, 4.69) is 4.99 Å². The van der Waals surface area contributed by atoms with Gasteiger partial charge in [0.25, 0.3) is 5.69 Å². The number of nitro benzene ring substituents is 1. The Morgan fingerprint density at radius 2 is 1.72 bits per heavy atom. The van der Waals surface area contributed by atoms with Crippen molar-refractivity contribution < 1.29 is 10.0 Å². The first kappa shape index (κ1) is 15.1. The van der Waals surface area contributed by atoms with Gasteiger partial charge < -0.3 is 26.8 Å². The van der Waals surface area contributed by atoms with Gasteiger partial charge in [-0.25, -0.2) is 4.99 Å². The van der Waals surface area contributed by atoms with Crippen molar-refractivity contribution >= 4 is 17.3 Å². The lowest BCUT2D eigenvalue weighted by molar-refractivity contribution is -0.402. The molecule has 10 heteroatoms. The molecule has 0 saturated carbocycles. The predicted molar refractivity (Wildman–Crippen MR) is 63.7 cm³/mol. The predicted octanol–water partition coefficient (Wildman–Crippen LogP) is 0.569. The number of hydrogen-bond acceptors (Lipinski definition) is 6. The van der Waals surface area contributed by atoms with Gasteiger partial charge in [-0.15, -0.1) is 0 Å². The molecule has 1 rings (SSSR count). The van der Waals surface area contributed by atoms with E-state index in [1.54, 1.807) is 13.0 Å². The first-order valence-corrected chi connectivity index (χ1v) is 4.40. The average Bonchev–Trinajstić information content (AvgIpc) is 2.19.